The highest BCUT2D eigenvalue weighted by Crippen LogP contribution is 2.36. The average molecular weight is 517 g/mol. The minimum Gasteiger partial charge on any atom is -0.465 e. The lowest BCUT2D eigenvalue weighted by atomic mass is 9.96. The summed E-state index contributed by atoms with van der Waals surface area (Å²) in [4.78, 5) is 23.1. The first kappa shape index (κ1) is 24.6. The number of hydrogen-bond donors (Lipinski definition) is 2. The summed E-state index contributed by atoms with van der Waals surface area (Å²) in [7, 11) is -3.45. The maximum atomic E-state index is 14.6. The van der Waals surface area contributed by atoms with E-state index in [9.17, 15) is 27.1 Å². The zero-order valence-corrected chi connectivity index (χ0v) is 19.6. The molecule has 2 aliphatic rings. The highest BCUT2D eigenvalue weighted by Gasteiger charge is 2.34. The first-order valence-corrected chi connectivity index (χ1v) is 12.9. The van der Waals surface area contributed by atoms with Gasteiger partial charge < -0.3 is 20.0 Å². The summed E-state index contributed by atoms with van der Waals surface area (Å²) < 4.78 is 53.2. The van der Waals surface area contributed by atoms with Gasteiger partial charge in [0.15, 0.2) is 15.7 Å². The fraction of sp³-hybridized carbons (Fsp3) is 0.476. The van der Waals surface area contributed by atoms with Crippen LogP contribution >= 0.6 is 11.6 Å². The van der Waals surface area contributed by atoms with Gasteiger partial charge in [-0.05, 0) is 30.9 Å². The highest BCUT2D eigenvalue weighted by molar-refractivity contribution is 7.90. The van der Waals surface area contributed by atoms with E-state index >= 15 is 0 Å². The SMILES string of the molecule is O=C(O)N(CCO)CC1CCN(c2nc(-c3cc(F)c(Cl)cc3F)nc3c2CS(=O)(=O)C3)CC1. The van der Waals surface area contributed by atoms with E-state index in [-0.39, 0.29) is 59.2 Å². The van der Waals surface area contributed by atoms with E-state index in [1.165, 1.54) is 4.90 Å². The maximum Gasteiger partial charge on any atom is 0.407 e. The van der Waals surface area contributed by atoms with E-state index in [2.05, 4.69) is 9.97 Å². The number of carboxylic acid groups (broad SMARTS) is 1. The predicted molar refractivity (Wildman–Crippen MR) is 120 cm³/mol. The van der Waals surface area contributed by atoms with Crippen molar-refractivity contribution in [2.45, 2.75) is 24.3 Å². The fourth-order valence-electron chi connectivity index (χ4n) is 4.36. The third-order valence-corrected chi connectivity index (χ3v) is 7.81. The minimum absolute atomic E-state index is 0.0272. The molecule has 1 fully saturated rings. The lowest BCUT2D eigenvalue weighted by molar-refractivity contribution is 0.120. The van der Waals surface area contributed by atoms with Gasteiger partial charge in [-0.25, -0.2) is 32.0 Å². The summed E-state index contributed by atoms with van der Waals surface area (Å²) in [6.07, 6.45) is 0.122. The molecule has 0 spiro atoms. The number of aliphatic hydroxyl groups is 1. The quantitative estimate of drug-likeness (QED) is 0.562. The molecule has 3 heterocycles. The molecule has 0 radical (unpaired) electrons. The molecular weight excluding hydrogens is 494 g/mol. The Balaban J connectivity index is 1.63. The summed E-state index contributed by atoms with van der Waals surface area (Å²) in [6.45, 7) is 0.979. The third kappa shape index (κ3) is 5.08. The van der Waals surface area contributed by atoms with Crippen LogP contribution < -0.4 is 4.90 Å². The predicted octanol–water partition coefficient (Wildman–Crippen LogP) is 2.69. The van der Waals surface area contributed by atoms with Crippen LogP contribution in [0, 0.1) is 17.6 Å². The topological polar surface area (TPSA) is 124 Å². The number of aromatic nitrogens is 2. The zero-order chi connectivity index (χ0) is 24.6. The molecule has 9 nitrogen and oxygen atoms in total. The first-order chi connectivity index (χ1) is 16.1. The minimum atomic E-state index is -3.45. The van der Waals surface area contributed by atoms with Gasteiger partial charge in [0.05, 0.1) is 34.4 Å². The molecule has 1 aromatic carbocycles. The van der Waals surface area contributed by atoms with Crippen LogP contribution in [-0.2, 0) is 21.3 Å². The molecule has 184 valence electrons. The number of nitrogens with zero attached hydrogens (tertiary/aromatic N) is 4. The van der Waals surface area contributed by atoms with Crippen LogP contribution in [0.1, 0.15) is 24.1 Å². The van der Waals surface area contributed by atoms with Gasteiger partial charge in [-0.15, -0.1) is 0 Å². The van der Waals surface area contributed by atoms with Crippen molar-refractivity contribution in [2.75, 3.05) is 37.7 Å². The summed E-state index contributed by atoms with van der Waals surface area (Å²) in [6, 6.07) is 1.71. The highest BCUT2D eigenvalue weighted by atomic mass is 35.5. The van der Waals surface area contributed by atoms with E-state index < -0.39 is 27.6 Å². The van der Waals surface area contributed by atoms with Crippen molar-refractivity contribution in [3.63, 3.8) is 0 Å². The van der Waals surface area contributed by atoms with Gasteiger partial charge in [-0.2, -0.15) is 0 Å². The molecule has 0 aliphatic carbocycles. The van der Waals surface area contributed by atoms with Gasteiger partial charge in [-0.3, -0.25) is 0 Å². The normalized spacial score (nSPS) is 17.6. The number of halogens is 3. The van der Waals surface area contributed by atoms with Crippen LogP contribution in [0.2, 0.25) is 5.02 Å². The lowest BCUT2D eigenvalue weighted by Gasteiger charge is -2.35. The molecular formula is C21H23ClF2N4O5S. The number of sulfone groups is 1. The molecule has 1 aromatic heterocycles. The number of fused-ring (bicyclic) bond motifs is 1. The molecule has 0 saturated carbocycles. The molecule has 1 saturated heterocycles. The number of anilines is 1. The lowest BCUT2D eigenvalue weighted by Crippen LogP contribution is -2.42. The van der Waals surface area contributed by atoms with E-state index in [0.29, 0.717) is 37.3 Å². The van der Waals surface area contributed by atoms with Crippen molar-refractivity contribution < 1.29 is 32.2 Å². The molecule has 0 bridgehead atoms. The largest absolute Gasteiger partial charge is 0.465 e. The first-order valence-electron chi connectivity index (χ1n) is 10.7. The van der Waals surface area contributed by atoms with Crippen molar-refractivity contribution in [1.82, 2.24) is 14.9 Å². The van der Waals surface area contributed by atoms with Gasteiger partial charge in [0.25, 0.3) is 0 Å². The monoisotopic (exact) mass is 516 g/mol. The molecule has 34 heavy (non-hydrogen) atoms. The Hall–Kier alpha value is -2.57. The molecule has 2 aromatic rings. The Morgan fingerprint density at radius 2 is 1.88 bits per heavy atom. The Morgan fingerprint density at radius 1 is 1.18 bits per heavy atom. The smallest absolute Gasteiger partial charge is 0.407 e. The number of amides is 1. The second-order valence-corrected chi connectivity index (χ2v) is 10.9. The van der Waals surface area contributed by atoms with Gasteiger partial charge in [-0.1, -0.05) is 11.6 Å². The Bertz CT molecular complexity index is 1220. The van der Waals surface area contributed by atoms with Crippen molar-refractivity contribution in [2.24, 2.45) is 5.92 Å². The van der Waals surface area contributed by atoms with E-state index in [0.717, 1.165) is 12.1 Å². The second-order valence-electron chi connectivity index (χ2n) is 8.46. The summed E-state index contributed by atoms with van der Waals surface area (Å²) in [5.74, 6) is -1.93. The number of hydrogen-bond acceptors (Lipinski definition) is 7. The number of aliphatic hydroxyl groups excluding tert-OH is 1. The fourth-order valence-corrected chi connectivity index (χ4v) is 6.01. The molecule has 2 aliphatic heterocycles. The second kappa shape index (κ2) is 9.59. The number of carbonyl (C=O) groups is 1. The maximum absolute atomic E-state index is 14.6. The van der Waals surface area contributed by atoms with Crippen LogP contribution in [0.3, 0.4) is 0 Å². The van der Waals surface area contributed by atoms with E-state index in [1.807, 2.05) is 4.90 Å². The average Bonchev–Trinajstić information content (AvgIpc) is 3.09. The van der Waals surface area contributed by atoms with Crippen molar-refractivity contribution >= 4 is 33.3 Å². The van der Waals surface area contributed by atoms with Crippen LogP contribution in [0.25, 0.3) is 11.4 Å². The van der Waals surface area contributed by atoms with E-state index in [1.54, 1.807) is 0 Å². The molecule has 13 heteroatoms. The van der Waals surface area contributed by atoms with Gasteiger partial charge in [0, 0.05) is 31.7 Å². The molecule has 0 atom stereocenters. The van der Waals surface area contributed by atoms with Gasteiger partial charge in [0.1, 0.15) is 17.5 Å². The van der Waals surface area contributed by atoms with Crippen LogP contribution in [-0.4, -0.2) is 72.4 Å². The number of rotatable bonds is 6. The standard InChI is InChI=1S/C21H23ClF2N4O5S/c22-15-8-16(23)13(7-17(15)24)19-25-18-11-34(32,33)10-14(18)20(26-19)27-3-1-12(2-4-27)9-28(5-6-29)21(30)31/h7-8,12,29H,1-6,9-11H2,(H,30,31). The Labute approximate surface area is 199 Å². The summed E-state index contributed by atoms with van der Waals surface area (Å²) >= 11 is 5.65. The third-order valence-electron chi connectivity index (χ3n) is 6.08. The van der Waals surface area contributed by atoms with Crippen molar-refractivity contribution in [3.05, 3.63) is 40.0 Å². The van der Waals surface area contributed by atoms with Crippen LogP contribution in [0.4, 0.5) is 19.4 Å². The molecule has 0 unspecified atom stereocenters. The van der Waals surface area contributed by atoms with Crippen LogP contribution in [0.15, 0.2) is 12.1 Å². The van der Waals surface area contributed by atoms with Gasteiger partial charge >= 0.3 is 6.09 Å². The molecule has 1 amide bonds. The Kier molecular flexibility index (Phi) is 6.92. The van der Waals surface area contributed by atoms with Crippen molar-refractivity contribution in [3.8, 4) is 11.4 Å². The summed E-state index contributed by atoms with van der Waals surface area (Å²) in [5.41, 5.74) is 0.493. The molecule has 4 rings (SSSR count). The number of piperidine rings is 1. The van der Waals surface area contributed by atoms with Crippen molar-refractivity contribution in [1.29, 1.82) is 0 Å². The Morgan fingerprint density at radius 3 is 2.53 bits per heavy atom. The van der Waals surface area contributed by atoms with Crippen LogP contribution in [0.5, 0.6) is 0 Å². The molecule has 2 N–H and O–H groups in total. The zero-order valence-electron chi connectivity index (χ0n) is 18.0. The van der Waals surface area contributed by atoms with Gasteiger partial charge in [0.2, 0.25) is 0 Å². The number of benzene rings is 1. The van der Waals surface area contributed by atoms with E-state index in [4.69, 9.17) is 16.7 Å². The summed E-state index contributed by atoms with van der Waals surface area (Å²) in [5, 5.41) is 18.0.